The van der Waals surface area contributed by atoms with Crippen molar-refractivity contribution in [1.29, 1.82) is 0 Å². The standard InChI is InChI=1S/C17H21F2N3O/c1-10(2)9-22-12(4)14(11(3)21-22)8-17(23)20-13-5-6-15(18)16(19)7-13/h5-7,10H,8-9H2,1-4H3,(H,20,23). The first-order chi connectivity index (χ1) is 10.8. The van der Waals surface area contributed by atoms with Crippen molar-refractivity contribution in [2.75, 3.05) is 5.32 Å². The maximum atomic E-state index is 13.2. The molecule has 0 bridgehead atoms. The van der Waals surface area contributed by atoms with Crippen LogP contribution < -0.4 is 5.32 Å². The molecule has 0 aliphatic carbocycles. The number of carbonyl (C=O) groups is 1. The first-order valence-corrected chi connectivity index (χ1v) is 7.55. The molecule has 23 heavy (non-hydrogen) atoms. The lowest BCUT2D eigenvalue weighted by Crippen LogP contribution is -2.16. The van der Waals surface area contributed by atoms with Crippen LogP contribution >= 0.6 is 0 Å². The summed E-state index contributed by atoms with van der Waals surface area (Å²) in [6.45, 7) is 8.79. The Bertz CT molecular complexity index is 723. The van der Waals surface area contributed by atoms with E-state index in [4.69, 9.17) is 0 Å². The zero-order valence-corrected chi connectivity index (χ0v) is 13.8. The van der Waals surface area contributed by atoms with Gasteiger partial charge >= 0.3 is 0 Å². The molecule has 0 saturated heterocycles. The quantitative estimate of drug-likeness (QED) is 0.914. The number of benzene rings is 1. The first-order valence-electron chi connectivity index (χ1n) is 7.55. The van der Waals surface area contributed by atoms with E-state index < -0.39 is 11.6 Å². The second-order valence-electron chi connectivity index (χ2n) is 6.08. The highest BCUT2D eigenvalue weighted by molar-refractivity contribution is 5.92. The minimum atomic E-state index is -0.986. The summed E-state index contributed by atoms with van der Waals surface area (Å²) in [6, 6.07) is 3.29. The van der Waals surface area contributed by atoms with Crippen molar-refractivity contribution >= 4 is 11.6 Å². The normalized spacial score (nSPS) is 11.1. The molecule has 0 unspecified atom stereocenters. The number of hydrogen-bond donors (Lipinski definition) is 1. The summed E-state index contributed by atoms with van der Waals surface area (Å²) in [5, 5.41) is 7.04. The van der Waals surface area contributed by atoms with Crippen molar-refractivity contribution in [2.24, 2.45) is 5.92 Å². The molecule has 1 N–H and O–H groups in total. The zero-order valence-electron chi connectivity index (χ0n) is 13.8. The minimum Gasteiger partial charge on any atom is -0.326 e. The second kappa shape index (κ2) is 6.89. The van der Waals surface area contributed by atoms with Gasteiger partial charge in [-0.3, -0.25) is 9.48 Å². The molecular weight excluding hydrogens is 300 g/mol. The van der Waals surface area contributed by atoms with Crippen molar-refractivity contribution in [2.45, 2.75) is 40.7 Å². The molecule has 1 aromatic heterocycles. The highest BCUT2D eigenvalue weighted by Crippen LogP contribution is 2.17. The van der Waals surface area contributed by atoms with Gasteiger partial charge < -0.3 is 5.32 Å². The van der Waals surface area contributed by atoms with Crippen LogP contribution in [0.5, 0.6) is 0 Å². The van der Waals surface area contributed by atoms with Gasteiger partial charge in [0.1, 0.15) is 0 Å². The molecule has 0 fully saturated rings. The Kier molecular flexibility index (Phi) is 5.13. The molecular formula is C17H21F2N3O. The highest BCUT2D eigenvalue weighted by Gasteiger charge is 2.16. The molecule has 0 radical (unpaired) electrons. The number of amides is 1. The van der Waals surface area contributed by atoms with Crippen molar-refractivity contribution in [3.8, 4) is 0 Å². The van der Waals surface area contributed by atoms with Crippen molar-refractivity contribution in [3.05, 3.63) is 46.8 Å². The van der Waals surface area contributed by atoms with Gasteiger partial charge in [0, 0.05) is 29.6 Å². The van der Waals surface area contributed by atoms with Gasteiger partial charge in [0.05, 0.1) is 12.1 Å². The van der Waals surface area contributed by atoms with Crippen molar-refractivity contribution in [3.63, 3.8) is 0 Å². The van der Waals surface area contributed by atoms with E-state index in [9.17, 15) is 13.6 Å². The zero-order chi connectivity index (χ0) is 17.1. The number of halogens is 2. The topological polar surface area (TPSA) is 46.9 Å². The fourth-order valence-electron chi connectivity index (χ4n) is 2.45. The summed E-state index contributed by atoms with van der Waals surface area (Å²) >= 11 is 0. The Morgan fingerprint density at radius 2 is 1.96 bits per heavy atom. The van der Waals surface area contributed by atoms with Gasteiger partial charge in [0.2, 0.25) is 5.91 Å². The van der Waals surface area contributed by atoms with E-state index in [1.165, 1.54) is 6.07 Å². The van der Waals surface area contributed by atoms with Crippen LogP contribution in [0.25, 0.3) is 0 Å². The van der Waals surface area contributed by atoms with E-state index in [0.717, 1.165) is 35.6 Å². The lowest BCUT2D eigenvalue weighted by atomic mass is 10.1. The molecule has 124 valence electrons. The van der Waals surface area contributed by atoms with E-state index in [1.54, 1.807) is 0 Å². The predicted octanol–water partition coefficient (Wildman–Crippen LogP) is 3.62. The van der Waals surface area contributed by atoms with E-state index in [-0.39, 0.29) is 18.0 Å². The number of rotatable bonds is 5. The molecule has 0 atom stereocenters. The number of nitrogens with zero attached hydrogens (tertiary/aromatic N) is 2. The van der Waals surface area contributed by atoms with Gasteiger partial charge in [-0.25, -0.2) is 8.78 Å². The largest absolute Gasteiger partial charge is 0.326 e. The monoisotopic (exact) mass is 321 g/mol. The average Bonchev–Trinajstić information content (AvgIpc) is 2.70. The molecule has 4 nitrogen and oxygen atoms in total. The van der Waals surface area contributed by atoms with Crippen LogP contribution in [-0.2, 0) is 17.8 Å². The molecule has 0 aliphatic heterocycles. The summed E-state index contributed by atoms with van der Waals surface area (Å²) in [7, 11) is 0. The van der Waals surface area contributed by atoms with Gasteiger partial charge in [-0.15, -0.1) is 0 Å². The SMILES string of the molecule is Cc1nn(CC(C)C)c(C)c1CC(=O)Nc1ccc(F)c(F)c1. The Hall–Kier alpha value is -2.24. The number of carbonyl (C=O) groups excluding carboxylic acids is 1. The summed E-state index contributed by atoms with van der Waals surface area (Å²) < 4.78 is 28.0. The van der Waals surface area contributed by atoms with E-state index >= 15 is 0 Å². The Morgan fingerprint density at radius 1 is 1.26 bits per heavy atom. The summed E-state index contributed by atoms with van der Waals surface area (Å²) in [5.74, 6) is -1.76. The summed E-state index contributed by atoms with van der Waals surface area (Å²) in [4.78, 5) is 12.1. The minimum absolute atomic E-state index is 0.148. The predicted molar refractivity (Wildman–Crippen MR) is 85.2 cm³/mol. The molecule has 1 heterocycles. The number of anilines is 1. The number of aryl methyl sites for hydroxylation is 1. The lowest BCUT2D eigenvalue weighted by Gasteiger charge is -2.08. The van der Waals surface area contributed by atoms with Gasteiger partial charge in [0.25, 0.3) is 0 Å². The molecule has 0 saturated carbocycles. The molecule has 2 aromatic rings. The molecule has 6 heteroatoms. The van der Waals surface area contributed by atoms with Crippen LogP contribution in [0, 0.1) is 31.4 Å². The number of hydrogen-bond acceptors (Lipinski definition) is 2. The van der Waals surface area contributed by atoms with Crippen LogP contribution in [0.4, 0.5) is 14.5 Å². The average molecular weight is 321 g/mol. The van der Waals surface area contributed by atoms with Crippen molar-refractivity contribution in [1.82, 2.24) is 9.78 Å². The van der Waals surface area contributed by atoms with Gasteiger partial charge in [-0.05, 0) is 31.9 Å². The maximum absolute atomic E-state index is 13.2. The third-order valence-electron chi connectivity index (χ3n) is 3.61. The molecule has 1 aromatic carbocycles. The van der Waals surface area contributed by atoms with Crippen LogP contribution in [0.3, 0.4) is 0 Å². The number of nitrogens with one attached hydrogen (secondary N) is 1. The lowest BCUT2D eigenvalue weighted by molar-refractivity contribution is -0.115. The first kappa shape index (κ1) is 17.1. The Labute approximate surface area is 134 Å². The Balaban J connectivity index is 2.11. The molecule has 0 aliphatic rings. The van der Waals surface area contributed by atoms with E-state index in [2.05, 4.69) is 24.3 Å². The van der Waals surface area contributed by atoms with E-state index in [0.29, 0.717) is 5.92 Å². The molecule has 1 amide bonds. The van der Waals surface area contributed by atoms with Crippen LogP contribution in [0.15, 0.2) is 18.2 Å². The highest BCUT2D eigenvalue weighted by atomic mass is 19.2. The molecule has 0 spiro atoms. The number of aromatic nitrogens is 2. The van der Waals surface area contributed by atoms with E-state index in [1.807, 2.05) is 18.5 Å². The van der Waals surface area contributed by atoms with Gasteiger partial charge in [-0.1, -0.05) is 13.8 Å². The van der Waals surface area contributed by atoms with Crippen molar-refractivity contribution < 1.29 is 13.6 Å². The molecule has 2 rings (SSSR count). The summed E-state index contributed by atoms with van der Waals surface area (Å²) in [6.07, 6.45) is 0.148. The third kappa shape index (κ3) is 4.15. The van der Waals surface area contributed by atoms with Gasteiger partial charge in [-0.2, -0.15) is 5.10 Å². The fraction of sp³-hybridized carbons (Fsp3) is 0.412. The third-order valence-corrected chi connectivity index (χ3v) is 3.61. The maximum Gasteiger partial charge on any atom is 0.228 e. The Morgan fingerprint density at radius 3 is 2.57 bits per heavy atom. The van der Waals surface area contributed by atoms with Crippen LogP contribution in [0.2, 0.25) is 0 Å². The second-order valence-corrected chi connectivity index (χ2v) is 6.08. The van der Waals surface area contributed by atoms with Gasteiger partial charge in [0.15, 0.2) is 11.6 Å². The smallest absolute Gasteiger partial charge is 0.228 e. The fourth-order valence-corrected chi connectivity index (χ4v) is 2.45. The van der Waals surface area contributed by atoms with Crippen LogP contribution in [0.1, 0.15) is 30.8 Å². The summed E-state index contributed by atoms with van der Waals surface area (Å²) in [5.41, 5.74) is 2.87. The van der Waals surface area contributed by atoms with Crippen LogP contribution in [-0.4, -0.2) is 15.7 Å².